The number of nitro benzene ring substituents is 1. The molecule has 0 aliphatic carbocycles. The summed E-state index contributed by atoms with van der Waals surface area (Å²) in [4.78, 5) is 22.5. The van der Waals surface area contributed by atoms with Crippen molar-refractivity contribution in [1.82, 2.24) is 0 Å². The summed E-state index contributed by atoms with van der Waals surface area (Å²) in [6, 6.07) is 6.01. The molecule has 1 aromatic carbocycles. The molecule has 0 saturated heterocycles. The predicted molar refractivity (Wildman–Crippen MR) is 69.2 cm³/mol. The minimum atomic E-state index is -1.77. The summed E-state index contributed by atoms with van der Waals surface area (Å²) < 4.78 is 9.76. The van der Waals surface area contributed by atoms with Crippen molar-refractivity contribution in [3.63, 3.8) is 0 Å². The van der Waals surface area contributed by atoms with Crippen LogP contribution in [0.1, 0.15) is 19.4 Å². The van der Waals surface area contributed by atoms with E-state index in [1.165, 1.54) is 32.2 Å². The summed E-state index contributed by atoms with van der Waals surface area (Å²) in [6.45, 7) is 2.95. The SMILES string of the molecule is CCOC(=O)C(C)(C#N)c1cccc(OC)c1[N+](=O)[O-]. The van der Waals surface area contributed by atoms with Gasteiger partial charge in [-0.05, 0) is 26.0 Å². The smallest absolute Gasteiger partial charge is 0.331 e. The summed E-state index contributed by atoms with van der Waals surface area (Å²) in [6.07, 6.45) is 0. The molecule has 7 nitrogen and oxygen atoms in total. The molecule has 1 unspecified atom stereocenters. The average Bonchev–Trinajstić information content (AvgIpc) is 2.45. The molecule has 1 aromatic rings. The van der Waals surface area contributed by atoms with E-state index in [-0.39, 0.29) is 17.9 Å². The van der Waals surface area contributed by atoms with Crippen molar-refractivity contribution in [3.05, 3.63) is 33.9 Å². The lowest BCUT2D eigenvalue weighted by molar-refractivity contribution is -0.386. The van der Waals surface area contributed by atoms with Crippen LogP contribution in [0.2, 0.25) is 0 Å². The van der Waals surface area contributed by atoms with Crippen molar-refractivity contribution in [1.29, 1.82) is 5.26 Å². The highest BCUT2D eigenvalue weighted by Gasteiger charge is 2.43. The summed E-state index contributed by atoms with van der Waals surface area (Å²) in [7, 11) is 1.28. The molecule has 0 fully saturated rings. The zero-order valence-corrected chi connectivity index (χ0v) is 11.4. The van der Waals surface area contributed by atoms with E-state index in [0.717, 1.165) is 0 Å². The summed E-state index contributed by atoms with van der Waals surface area (Å²) in [5.41, 5.74) is -2.23. The summed E-state index contributed by atoms with van der Waals surface area (Å²) >= 11 is 0. The first-order chi connectivity index (χ1) is 9.42. The number of carbonyl (C=O) groups is 1. The Balaban J connectivity index is 3.55. The molecule has 0 N–H and O–H groups in total. The van der Waals surface area contributed by atoms with Gasteiger partial charge in [0.2, 0.25) is 0 Å². The molecule has 0 spiro atoms. The molecule has 0 aromatic heterocycles. The molecule has 0 bridgehead atoms. The lowest BCUT2D eigenvalue weighted by Crippen LogP contribution is -2.33. The zero-order valence-electron chi connectivity index (χ0n) is 11.4. The Kier molecular flexibility index (Phi) is 4.64. The maximum atomic E-state index is 12.0. The van der Waals surface area contributed by atoms with Crippen LogP contribution in [-0.2, 0) is 14.9 Å². The minimum absolute atomic E-state index is 0.0155. The number of ether oxygens (including phenoxy) is 2. The highest BCUT2D eigenvalue weighted by Crippen LogP contribution is 2.38. The summed E-state index contributed by atoms with van der Waals surface area (Å²) in [5.74, 6) is -0.850. The van der Waals surface area contributed by atoms with Gasteiger partial charge < -0.3 is 9.47 Å². The van der Waals surface area contributed by atoms with E-state index in [1.807, 2.05) is 0 Å². The third-order valence-corrected chi connectivity index (χ3v) is 2.85. The van der Waals surface area contributed by atoms with Gasteiger partial charge in [0, 0.05) is 0 Å². The van der Waals surface area contributed by atoms with Gasteiger partial charge >= 0.3 is 11.7 Å². The molecule has 20 heavy (non-hydrogen) atoms. The maximum Gasteiger partial charge on any atom is 0.331 e. The number of nitriles is 1. The standard InChI is InChI=1S/C13H14N2O5/c1-4-20-12(16)13(2,8-14)9-6-5-7-10(19-3)11(9)15(17)18/h5-7H,4H2,1-3H3. The molecule has 0 aliphatic rings. The molecule has 106 valence electrons. The molecule has 0 amide bonds. The molecule has 0 saturated carbocycles. The van der Waals surface area contributed by atoms with Crippen molar-refractivity contribution in [2.75, 3.05) is 13.7 Å². The van der Waals surface area contributed by atoms with Gasteiger partial charge in [-0.3, -0.25) is 10.1 Å². The lowest BCUT2D eigenvalue weighted by Gasteiger charge is -2.20. The highest BCUT2D eigenvalue weighted by atomic mass is 16.6. The Bertz CT molecular complexity index is 579. The van der Waals surface area contributed by atoms with Gasteiger partial charge in [-0.25, -0.2) is 4.79 Å². The zero-order chi connectivity index (χ0) is 15.3. The highest BCUT2D eigenvalue weighted by molar-refractivity contribution is 5.88. The molecular formula is C13H14N2O5. The Morgan fingerprint density at radius 2 is 2.20 bits per heavy atom. The van der Waals surface area contributed by atoms with Crippen LogP contribution in [0.15, 0.2) is 18.2 Å². The number of carbonyl (C=O) groups excluding carboxylic acids is 1. The van der Waals surface area contributed by atoms with E-state index < -0.39 is 22.0 Å². The van der Waals surface area contributed by atoms with Crippen LogP contribution in [0.25, 0.3) is 0 Å². The van der Waals surface area contributed by atoms with Crippen LogP contribution < -0.4 is 4.74 Å². The number of rotatable bonds is 5. The molecule has 0 heterocycles. The topological polar surface area (TPSA) is 102 Å². The Hall–Kier alpha value is -2.62. The predicted octanol–water partition coefficient (Wildman–Crippen LogP) is 1.95. The first kappa shape index (κ1) is 15.4. The number of para-hydroxylation sites is 1. The van der Waals surface area contributed by atoms with E-state index in [1.54, 1.807) is 13.0 Å². The number of nitro groups is 1. The van der Waals surface area contributed by atoms with Crippen molar-refractivity contribution < 1.29 is 19.2 Å². The fraction of sp³-hybridized carbons (Fsp3) is 0.385. The molecule has 1 atom stereocenters. The summed E-state index contributed by atoms with van der Waals surface area (Å²) in [5, 5.41) is 20.5. The first-order valence-corrected chi connectivity index (χ1v) is 5.82. The van der Waals surface area contributed by atoms with Gasteiger partial charge in [0.25, 0.3) is 0 Å². The maximum absolute atomic E-state index is 12.0. The van der Waals surface area contributed by atoms with E-state index in [4.69, 9.17) is 9.47 Å². The number of esters is 1. The van der Waals surface area contributed by atoms with Crippen molar-refractivity contribution in [2.24, 2.45) is 0 Å². The van der Waals surface area contributed by atoms with Gasteiger partial charge in [-0.2, -0.15) is 5.26 Å². The second kappa shape index (κ2) is 6.02. The van der Waals surface area contributed by atoms with Gasteiger partial charge in [0.1, 0.15) is 0 Å². The second-order valence-corrected chi connectivity index (χ2v) is 4.07. The van der Waals surface area contributed by atoms with Gasteiger partial charge in [-0.1, -0.05) is 6.07 Å². The minimum Gasteiger partial charge on any atom is -0.490 e. The Labute approximate surface area is 115 Å². The molecule has 7 heteroatoms. The lowest BCUT2D eigenvalue weighted by atomic mass is 9.82. The van der Waals surface area contributed by atoms with E-state index >= 15 is 0 Å². The largest absolute Gasteiger partial charge is 0.490 e. The van der Waals surface area contributed by atoms with Gasteiger partial charge in [-0.15, -0.1) is 0 Å². The second-order valence-electron chi connectivity index (χ2n) is 4.07. The van der Waals surface area contributed by atoms with E-state index in [9.17, 15) is 20.2 Å². The Morgan fingerprint density at radius 1 is 1.55 bits per heavy atom. The number of methoxy groups -OCH3 is 1. The quantitative estimate of drug-likeness (QED) is 0.463. The van der Waals surface area contributed by atoms with Crippen LogP contribution in [0.3, 0.4) is 0 Å². The molecule has 0 aliphatic heterocycles. The van der Waals surface area contributed by atoms with Crippen LogP contribution in [-0.4, -0.2) is 24.6 Å². The third kappa shape index (κ3) is 2.54. The average molecular weight is 278 g/mol. The third-order valence-electron chi connectivity index (χ3n) is 2.85. The van der Waals surface area contributed by atoms with E-state index in [2.05, 4.69) is 0 Å². The van der Waals surface area contributed by atoms with Crippen molar-refractivity contribution in [2.45, 2.75) is 19.3 Å². The van der Waals surface area contributed by atoms with Crippen molar-refractivity contribution in [3.8, 4) is 11.8 Å². The van der Waals surface area contributed by atoms with Gasteiger partial charge in [0.15, 0.2) is 11.2 Å². The fourth-order valence-corrected chi connectivity index (χ4v) is 1.77. The van der Waals surface area contributed by atoms with Gasteiger partial charge in [0.05, 0.1) is 30.3 Å². The fourth-order valence-electron chi connectivity index (χ4n) is 1.77. The molecule has 1 rings (SSSR count). The van der Waals surface area contributed by atoms with Crippen LogP contribution >= 0.6 is 0 Å². The number of hydrogen-bond acceptors (Lipinski definition) is 6. The molecule has 0 radical (unpaired) electrons. The Morgan fingerprint density at radius 3 is 2.65 bits per heavy atom. The van der Waals surface area contributed by atoms with Crippen molar-refractivity contribution >= 4 is 11.7 Å². The van der Waals surface area contributed by atoms with E-state index in [0.29, 0.717) is 0 Å². The number of benzene rings is 1. The van der Waals surface area contributed by atoms with Crippen LogP contribution in [0, 0.1) is 21.4 Å². The molecular weight excluding hydrogens is 264 g/mol. The normalized spacial score (nSPS) is 12.9. The van der Waals surface area contributed by atoms with Crippen LogP contribution in [0.4, 0.5) is 5.69 Å². The first-order valence-electron chi connectivity index (χ1n) is 5.82. The van der Waals surface area contributed by atoms with Crippen LogP contribution in [0.5, 0.6) is 5.75 Å². The number of nitrogens with zero attached hydrogens (tertiary/aromatic N) is 2. The number of hydrogen-bond donors (Lipinski definition) is 0. The monoisotopic (exact) mass is 278 g/mol.